The van der Waals surface area contributed by atoms with Crippen LogP contribution in [0.3, 0.4) is 0 Å². The summed E-state index contributed by atoms with van der Waals surface area (Å²) in [6, 6.07) is 3.01. The van der Waals surface area contributed by atoms with E-state index in [-0.39, 0.29) is 29.6 Å². The predicted octanol–water partition coefficient (Wildman–Crippen LogP) is 3.23. The quantitative estimate of drug-likeness (QED) is 0.567. The lowest BCUT2D eigenvalue weighted by Gasteiger charge is -2.32. The highest BCUT2D eigenvalue weighted by Crippen LogP contribution is 2.29. The van der Waals surface area contributed by atoms with E-state index in [4.69, 9.17) is 10.5 Å². The molecule has 32 heavy (non-hydrogen) atoms. The third-order valence-corrected chi connectivity index (χ3v) is 6.10. The Labute approximate surface area is 187 Å². The number of halogens is 1. The molecule has 0 saturated heterocycles. The molecule has 1 amide bonds. The van der Waals surface area contributed by atoms with Gasteiger partial charge >= 0.3 is 0 Å². The van der Waals surface area contributed by atoms with Crippen LogP contribution in [0.4, 0.5) is 10.3 Å². The molecule has 2 aromatic heterocycles. The Hall–Kier alpha value is -3.41. The van der Waals surface area contributed by atoms with E-state index in [0.717, 1.165) is 32.1 Å². The minimum absolute atomic E-state index is 0.105. The second-order valence-corrected chi connectivity index (χ2v) is 8.06. The number of methoxy groups -OCH3 is 1. The molecular formula is C23H29FN6O2. The zero-order valence-corrected chi connectivity index (χ0v) is 18.7. The topological polar surface area (TPSA) is 98.6 Å². The number of hydrogen-bond acceptors (Lipinski definition) is 6. The van der Waals surface area contributed by atoms with Gasteiger partial charge in [-0.25, -0.2) is 14.4 Å². The molecule has 9 heteroatoms. The Morgan fingerprint density at radius 3 is 2.72 bits per heavy atom. The highest BCUT2D eigenvalue weighted by Gasteiger charge is 2.29. The average molecular weight is 441 g/mol. The summed E-state index contributed by atoms with van der Waals surface area (Å²) in [6.07, 6.45) is 13.5. The number of fused-ring (bicyclic) bond motifs is 3. The highest BCUT2D eigenvalue weighted by molar-refractivity contribution is 5.93. The van der Waals surface area contributed by atoms with Crippen LogP contribution in [0.25, 0.3) is 16.6 Å². The maximum absolute atomic E-state index is 14.2. The van der Waals surface area contributed by atoms with Gasteiger partial charge in [-0.05, 0) is 38.7 Å². The van der Waals surface area contributed by atoms with Crippen LogP contribution < -0.4 is 10.5 Å². The van der Waals surface area contributed by atoms with Crippen LogP contribution in [0.2, 0.25) is 0 Å². The lowest BCUT2D eigenvalue weighted by Crippen LogP contribution is -2.41. The Kier molecular flexibility index (Phi) is 7.13. The van der Waals surface area contributed by atoms with Gasteiger partial charge < -0.3 is 15.4 Å². The predicted molar refractivity (Wildman–Crippen MR) is 122 cm³/mol. The lowest BCUT2D eigenvalue weighted by atomic mass is 9.84. The Balaban J connectivity index is 0.00000141. The first kappa shape index (κ1) is 23.3. The number of nitrogen functional groups attached to an aromatic ring is 1. The molecule has 2 N–H and O–H groups in total. The van der Waals surface area contributed by atoms with Crippen molar-refractivity contribution in [2.45, 2.75) is 51.5 Å². The van der Waals surface area contributed by atoms with Gasteiger partial charge in [-0.3, -0.25) is 4.79 Å². The van der Waals surface area contributed by atoms with E-state index in [1.54, 1.807) is 0 Å². The monoisotopic (exact) mass is 440 g/mol. The van der Waals surface area contributed by atoms with Crippen molar-refractivity contribution in [3.63, 3.8) is 0 Å². The van der Waals surface area contributed by atoms with Crippen LogP contribution in [0.15, 0.2) is 12.1 Å². The summed E-state index contributed by atoms with van der Waals surface area (Å²) in [4.78, 5) is 23.1. The maximum atomic E-state index is 14.2. The molecule has 1 aliphatic carbocycles. The first-order valence-corrected chi connectivity index (χ1v) is 10.7. The summed E-state index contributed by atoms with van der Waals surface area (Å²) < 4.78 is 20.7. The van der Waals surface area contributed by atoms with Crippen molar-refractivity contribution in [1.29, 1.82) is 0 Å². The zero-order chi connectivity index (χ0) is 23.4. The van der Waals surface area contributed by atoms with Crippen molar-refractivity contribution >= 4 is 28.4 Å². The number of hydrogen-bond donors (Lipinski definition) is 1. The molecular weight excluding hydrogens is 411 g/mol. The minimum atomic E-state index is -0.490. The number of nitrogens with zero attached hydrogens (tertiary/aromatic N) is 5. The van der Waals surface area contributed by atoms with Gasteiger partial charge in [0, 0.05) is 36.9 Å². The number of anilines is 1. The number of benzene rings is 1. The zero-order valence-electron chi connectivity index (χ0n) is 18.7. The fraction of sp³-hybridized carbons (Fsp3) is 0.478. The number of terminal acetylenes is 1. The number of aromatic nitrogens is 4. The largest absolute Gasteiger partial charge is 0.494 e. The van der Waals surface area contributed by atoms with Crippen LogP contribution in [0.5, 0.6) is 5.75 Å². The molecule has 8 nitrogen and oxygen atoms in total. The van der Waals surface area contributed by atoms with Crippen molar-refractivity contribution in [3.8, 4) is 18.6 Å². The first-order valence-electron chi connectivity index (χ1n) is 10.7. The summed E-state index contributed by atoms with van der Waals surface area (Å²) in [5.41, 5.74) is 7.01. The van der Waals surface area contributed by atoms with Gasteiger partial charge in [-0.15, -0.1) is 17.9 Å². The van der Waals surface area contributed by atoms with E-state index in [2.05, 4.69) is 34.8 Å². The minimum Gasteiger partial charge on any atom is -0.494 e. The van der Waals surface area contributed by atoms with E-state index < -0.39 is 5.82 Å². The fourth-order valence-corrected chi connectivity index (χ4v) is 3.85. The van der Waals surface area contributed by atoms with Crippen LogP contribution in [-0.4, -0.2) is 50.6 Å². The second kappa shape index (κ2) is 9.81. The molecule has 0 spiro atoms. The summed E-state index contributed by atoms with van der Waals surface area (Å²) in [6.45, 7) is 2.07. The fourth-order valence-electron chi connectivity index (χ4n) is 3.85. The third-order valence-electron chi connectivity index (χ3n) is 6.10. The number of nitrogens with two attached hydrogens (primary N) is 1. The van der Waals surface area contributed by atoms with Gasteiger partial charge in [0.2, 0.25) is 11.9 Å². The molecule has 2 heterocycles. The summed E-state index contributed by atoms with van der Waals surface area (Å²) in [5, 5.41) is 4.97. The molecule has 4 rings (SSSR count). The standard InChI is InChI=1S/C21H27FN6O2.C2H2/c1-12(27(2)20(29)13-7-5-8-13)6-4-9-18-25-19-14-10-15(22)17(30-3)11-16(14)24-21(23)28(19)26-18;1-2/h10-13H,4-9H2,1-3H3,(H2,23,24);1-2H/t12-;/m0./s1. The molecule has 0 bridgehead atoms. The number of carbonyl (C=O) groups excluding carboxylic acids is 1. The number of aryl methyl sites for hydroxylation is 1. The van der Waals surface area contributed by atoms with Crippen LogP contribution in [0, 0.1) is 24.6 Å². The molecule has 1 fully saturated rings. The SMILES string of the molecule is C#C.COc1cc2nc(N)n3nc(CCC[C@H](C)N(C)C(=O)C4CCC4)nc3c2cc1F. The Morgan fingerprint density at radius 2 is 2.09 bits per heavy atom. The van der Waals surface area contributed by atoms with Crippen LogP contribution >= 0.6 is 0 Å². The van der Waals surface area contributed by atoms with E-state index in [1.165, 1.54) is 23.8 Å². The normalized spacial score (nSPS) is 14.4. The number of carbonyl (C=O) groups is 1. The van der Waals surface area contributed by atoms with Crippen molar-refractivity contribution in [2.24, 2.45) is 5.92 Å². The molecule has 1 aliphatic rings. The van der Waals surface area contributed by atoms with Gasteiger partial charge in [0.05, 0.1) is 12.6 Å². The molecule has 170 valence electrons. The number of rotatable bonds is 7. The Morgan fingerprint density at radius 1 is 1.38 bits per heavy atom. The first-order chi connectivity index (χ1) is 15.4. The molecule has 1 atom stereocenters. The second-order valence-electron chi connectivity index (χ2n) is 8.06. The van der Waals surface area contributed by atoms with Gasteiger partial charge in [-0.1, -0.05) is 6.42 Å². The van der Waals surface area contributed by atoms with Gasteiger partial charge in [0.15, 0.2) is 23.0 Å². The van der Waals surface area contributed by atoms with Crippen molar-refractivity contribution in [1.82, 2.24) is 24.5 Å². The molecule has 1 aromatic carbocycles. The highest BCUT2D eigenvalue weighted by atomic mass is 19.1. The van der Waals surface area contributed by atoms with E-state index in [1.807, 2.05) is 11.9 Å². The summed E-state index contributed by atoms with van der Waals surface area (Å²) in [7, 11) is 3.29. The third kappa shape index (κ3) is 4.44. The average Bonchev–Trinajstić information content (AvgIpc) is 3.18. The number of ether oxygens (including phenoxy) is 1. The number of amides is 1. The van der Waals surface area contributed by atoms with Gasteiger partial charge in [0.1, 0.15) is 0 Å². The Bertz CT molecular complexity index is 1140. The molecule has 0 aliphatic heterocycles. The maximum Gasteiger partial charge on any atom is 0.225 e. The summed E-state index contributed by atoms with van der Waals surface area (Å²) in [5.74, 6) is 0.878. The summed E-state index contributed by atoms with van der Waals surface area (Å²) >= 11 is 0. The molecule has 0 radical (unpaired) electrons. The molecule has 0 unspecified atom stereocenters. The van der Waals surface area contributed by atoms with Gasteiger partial charge in [-0.2, -0.15) is 4.52 Å². The van der Waals surface area contributed by atoms with Crippen molar-refractivity contribution in [2.75, 3.05) is 19.9 Å². The van der Waals surface area contributed by atoms with Crippen molar-refractivity contribution < 1.29 is 13.9 Å². The lowest BCUT2D eigenvalue weighted by molar-refractivity contribution is -0.138. The molecule has 1 saturated carbocycles. The van der Waals surface area contributed by atoms with E-state index >= 15 is 0 Å². The van der Waals surface area contributed by atoms with Gasteiger partial charge in [0.25, 0.3) is 0 Å². The van der Waals surface area contributed by atoms with Crippen LogP contribution in [-0.2, 0) is 11.2 Å². The van der Waals surface area contributed by atoms with E-state index in [0.29, 0.717) is 28.8 Å². The molecule has 3 aromatic rings. The van der Waals surface area contributed by atoms with E-state index in [9.17, 15) is 9.18 Å². The van der Waals surface area contributed by atoms with Crippen molar-refractivity contribution in [3.05, 3.63) is 23.8 Å². The van der Waals surface area contributed by atoms with Crippen LogP contribution in [0.1, 0.15) is 44.9 Å². The smallest absolute Gasteiger partial charge is 0.225 e.